The molecule has 5 N–H and O–H groups in total. The zero-order valence-corrected chi connectivity index (χ0v) is 35.9. The lowest BCUT2D eigenvalue weighted by molar-refractivity contribution is -0.150. The van der Waals surface area contributed by atoms with E-state index in [0.717, 1.165) is 16.5 Å². The van der Waals surface area contributed by atoms with Crippen molar-refractivity contribution in [2.24, 2.45) is 5.92 Å². The van der Waals surface area contributed by atoms with Crippen molar-refractivity contribution in [2.75, 3.05) is 36.5 Å². The number of sulfone groups is 1. The Labute approximate surface area is 358 Å². The van der Waals surface area contributed by atoms with Crippen molar-refractivity contribution in [3.8, 4) is 0 Å². The number of anilines is 1. The number of halogens is 2. The molecule has 3 aliphatic heterocycles. The van der Waals surface area contributed by atoms with Crippen molar-refractivity contribution >= 4 is 68.5 Å². The van der Waals surface area contributed by atoms with E-state index >= 15 is 0 Å². The van der Waals surface area contributed by atoms with Gasteiger partial charge in [0.05, 0.1) is 23.3 Å². The van der Waals surface area contributed by atoms with Gasteiger partial charge in [-0.2, -0.15) is 0 Å². The molecule has 0 unspecified atom stereocenters. The second-order valence-corrected chi connectivity index (χ2v) is 19.3. The Hall–Kier alpha value is -5.14. The molecule has 0 aromatic heterocycles. The predicted molar refractivity (Wildman–Crippen MR) is 220 cm³/mol. The normalized spacial score (nSPS) is 25.0. The van der Waals surface area contributed by atoms with E-state index < -0.39 is 105 Å². The first-order valence-corrected chi connectivity index (χ1v) is 22.4. The summed E-state index contributed by atoms with van der Waals surface area (Å²) in [6.07, 6.45) is -0.376. The van der Waals surface area contributed by atoms with Crippen LogP contribution in [0.1, 0.15) is 57.6 Å². The third-order valence-electron chi connectivity index (χ3n) is 11.7. The van der Waals surface area contributed by atoms with Crippen molar-refractivity contribution < 1.29 is 51.5 Å². The Morgan fingerprint density at radius 3 is 2.36 bits per heavy atom. The highest BCUT2D eigenvalue weighted by molar-refractivity contribution is 7.91. The van der Waals surface area contributed by atoms with Gasteiger partial charge in [-0.25, -0.2) is 17.6 Å². The van der Waals surface area contributed by atoms with Gasteiger partial charge in [0.15, 0.2) is 15.6 Å². The molecular formula is C41H51ClFN7O10S. The number of Topliss-reactive ketones (excluding diaryl/α,β-unsaturated/α-hetero) is 1. The SMILES string of the molecule is Cc1cccc(C[C@H](NC(=O)Nc2ccc(Cl)cc2F)C(=O)N[C@H](C(=O)N2CCC[C@H]2C(=O)N2CCS(=O)(=O)C[C@H]2C(=O)N[C@@H](C)C(=O)N2C[C@H](C)C[C@@]23CC3=O)[C@H](C)O)c1. The fourth-order valence-electron chi connectivity index (χ4n) is 8.58. The third-order valence-corrected chi connectivity index (χ3v) is 13.6. The molecule has 4 fully saturated rings. The molecule has 330 valence electrons. The van der Waals surface area contributed by atoms with Crippen LogP contribution in [0.2, 0.25) is 5.02 Å². The van der Waals surface area contributed by atoms with Crippen LogP contribution in [0.25, 0.3) is 0 Å². The molecule has 2 aromatic carbocycles. The van der Waals surface area contributed by atoms with Crippen LogP contribution in [-0.4, -0.2) is 143 Å². The summed E-state index contributed by atoms with van der Waals surface area (Å²) in [7, 11) is -3.81. The molecule has 1 spiro atoms. The summed E-state index contributed by atoms with van der Waals surface area (Å²) in [5.41, 5.74) is 0.408. The number of hydrogen-bond acceptors (Lipinski definition) is 10. The predicted octanol–water partition coefficient (Wildman–Crippen LogP) is 1.09. The first kappa shape index (κ1) is 45.4. The van der Waals surface area contributed by atoms with Crippen molar-refractivity contribution in [3.05, 3.63) is 64.4 Å². The molecule has 4 aliphatic rings. The molecule has 2 aromatic rings. The maximum atomic E-state index is 14.5. The summed E-state index contributed by atoms with van der Waals surface area (Å²) < 4.78 is 40.2. The average Bonchev–Trinajstić information content (AvgIpc) is 3.46. The van der Waals surface area contributed by atoms with E-state index in [0.29, 0.717) is 24.9 Å². The lowest BCUT2D eigenvalue weighted by atomic mass is 10.0. The Balaban J connectivity index is 1.16. The highest BCUT2D eigenvalue weighted by Crippen LogP contribution is 2.48. The highest BCUT2D eigenvalue weighted by Gasteiger charge is 2.63. The lowest BCUT2D eigenvalue weighted by Crippen LogP contribution is -2.64. The number of hydrogen-bond donors (Lipinski definition) is 5. The molecule has 3 heterocycles. The Morgan fingerprint density at radius 1 is 0.984 bits per heavy atom. The molecule has 1 saturated carbocycles. The van der Waals surface area contributed by atoms with Crippen LogP contribution < -0.4 is 21.3 Å². The fourth-order valence-corrected chi connectivity index (χ4v) is 10.2. The van der Waals surface area contributed by atoms with Crippen LogP contribution in [-0.2, 0) is 45.0 Å². The number of carbonyl (C=O) groups excluding carboxylic acids is 7. The van der Waals surface area contributed by atoms with Gasteiger partial charge in [-0.05, 0) is 69.7 Å². The monoisotopic (exact) mass is 887 g/mol. The first-order valence-electron chi connectivity index (χ1n) is 20.2. The van der Waals surface area contributed by atoms with E-state index in [1.807, 2.05) is 19.9 Å². The van der Waals surface area contributed by atoms with Crippen molar-refractivity contribution in [3.63, 3.8) is 0 Å². The molecule has 8 atom stereocenters. The Morgan fingerprint density at radius 2 is 1.70 bits per heavy atom. The fraction of sp³-hybridized carbons (Fsp3) is 0.537. The minimum absolute atomic E-state index is 0.0254. The van der Waals surface area contributed by atoms with Crippen LogP contribution >= 0.6 is 11.6 Å². The zero-order chi connectivity index (χ0) is 44.6. The molecule has 61 heavy (non-hydrogen) atoms. The van der Waals surface area contributed by atoms with Gasteiger partial charge in [-0.1, -0.05) is 48.4 Å². The molecule has 1 aliphatic carbocycles. The second-order valence-electron chi connectivity index (χ2n) is 16.7. The van der Waals surface area contributed by atoms with Crippen LogP contribution in [0, 0.1) is 18.7 Å². The van der Waals surface area contributed by atoms with Gasteiger partial charge in [-0.15, -0.1) is 0 Å². The summed E-state index contributed by atoms with van der Waals surface area (Å²) in [5, 5.41) is 20.9. The topological polar surface area (TPSA) is 232 Å². The molecule has 0 bridgehead atoms. The number of aliphatic hydroxyl groups excluding tert-OH is 1. The zero-order valence-electron chi connectivity index (χ0n) is 34.3. The number of ketones is 1. The average molecular weight is 888 g/mol. The minimum atomic E-state index is -3.81. The molecule has 3 saturated heterocycles. The number of rotatable bonds is 12. The molecule has 0 radical (unpaired) electrons. The van der Waals surface area contributed by atoms with Gasteiger partial charge in [-0.3, -0.25) is 28.8 Å². The summed E-state index contributed by atoms with van der Waals surface area (Å²) >= 11 is 5.83. The minimum Gasteiger partial charge on any atom is -0.391 e. The number of urea groups is 1. The van der Waals surface area contributed by atoms with E-state index in [1.165, 1.54) is 35.8 Å². The third kappa shape index (κ3) is 10.2. The van der Waals surface area contributed by atoms with Crippen molar-refractivity contribution in [2.45, 2.75) is 102 Å². The molecular weight excluding hydrogens is 837 g/mol. The van der Waals surface area contributed by atoms with Crippen LogP contribution in [0.3, 0.4) is 0 Å². The van der Waals surface area contributed by atoms with Gasteiger partial charge in [0.2, 0.25) is 29.5 Å². The molecule has 6 rings (SSSR count). The van der Waals surface area contributed by atoms with E-state index in [2.05, 4.69) is 21.3 Å². The van der Waals surface area contributed by atoms with Crippen LogP contribution in [0.4, 0.5) is 14.9 Å². The van der Waals surface area contributed by atoms with E-state index in [4.69, 9.17) is 11.6 Å². The number of aliphatic hydroxyl groups is 1. The van der Waals surface area contributed by atoms with Gasteiger partial charge in [0, 0.05) is 37.5 Å². The summed E-state index contributed by atoms with van der Waals surface area (Å²) in [4.78, 5) is 98.9. The number of amides is 7. The first-order chi connectivity index (χ1) is 28.7. The lowest BCUT2D eigenvalue weighted by Gasteiger charge is -2.39. The Bertz CT molecular complexity index is 2230. The van der Waals surface area contributed by atoms with Gasteiger partial charge < -0.3 is 41.1 Å². The Kier molecular flexibility index (Phi) is 13.4. The maximum Gasteiger partial charge on any atom is 0.319 e. The molecule has 7 amide bonds. The summed E-state index contributed by atoms with van der Waals surface area (Å²) in [6.45, 7) is 6.44. The van der Waals surface area contributed by atoms with Gasteiger partial charge in [0.1, 0.15) is 41.6 Å². The van der Waals surface area contributed by atoms with Crippen molar-refractivity contribution in [1.82, 2.24) is 30.7 Å². The number of likely N-dealkylation sites (tertiary alicyclic amines) is 2. The quantitative estimate of drug-likeness (QED) is 0.204. The van der Waals surface area contributed by atoms with E-state index in [-0.39, 0.29) is 54.8 Å². The second kappa shape index (κ2) is 18.1. The van der Waals surface area contributed by atoms with Gasteiger partial charge in [0.25, 0.3) is 0 Å². The summed E-state index contributed by atoms with van der Waals surface area (Å²) in [6, 6.07) is 2.89. The van der Waals surface area contributed by atoms with Crippen LogP contribution in [0.5, 0.6) is 0 Å². The van der Waals surface area contributed by atoms with E-state index in [9.17, 15) is 51.5 Å². The van der Waals surface area contributed by atoms with Gasteiger partial charge >= 0.3 is 6.03 Å². The number of aryl methyl sites for hydroxylation is 1. The molecule has 17 nitrogen and oxygen atoms in total. The van der Waals surface area contributed by atoms with Crippen LogP contribution in [0.15, 0.2) is 42.5 Å². The molecule has 20 heteroatoms. The summed E-state index contributed by atoms with van der Waals surface area (Å²) in [5.74, 6) is -5.80. The smallest absolute Gasteiger partial charge is 0.319 e. The van der Waals surface area contributed by atoms with E-state index in [1.54, 1.807) is 18.2 Å². The largest absolute Gasteiger partial charge is 0.391 e. The highest BCUT2D eigenvalue weighted by atomic mass is 35.5. The van der Waals surface area contributed by atoms with Crippen molar-refractivity contribution in [1.29, 1.82) is 0 Å². The number of carbonyl (C=O) groups is 7. The standard InChI is InChI=1S/C41H51ClFN7O10S/c1-22-7-5-8-26(15-22)16-30(46-40(58)45-29-11-10-27(42)17-28(29)43)35(53)47-34(25(4)51)39(57)48-12-6-9-31(48)38(56)49-13-14-61(59,60)21-32(49)36(54)44-24(3)37(55)50-20-23(2)18-41(50)19-33(41)52/h5,7-8,10-11,15,17,23-25,30-32,34,51H,6,9,12-14,16,18-21H2,1-4H3,(H,44,54)(H,47,53)(H2,45,46,58)/t23-,24+,25+,30+,31+,32+,34+,41+/m1/s1. The number of benzene rings is 2. The maximum absolute atomic E-state index is 14.5. The number of nitrogens with zero attached hydrogens (tertiary/aromatic N) is 3. The number of nitrogens with one attached hydrogen (secondary N) is 4.